The van der Waals surface area contributed by atoms with Gasteiger partial charge in [-0.05, 0) is 25.7 Å². The van der Waals surface area contributed by atoms with Gasteiger partial charge in [0.2, 0.25) is 0 Å². The standard InChI is InChI=1S/C16H34N/c1-17(2)15-13-11-9-7-5-3-4-6-8-10-12-14-16-17/h3-16H2,1-2H3/q+1. The van der Waals surface area contributed by atoms with Gasteiger partial charge >= 0.3 is 0 Å². The van der Waals surface area contributed by atoms with Gasteiger partial charge in [-0.25, -0.2) is 0 Å². The van der Waals surface area contributed by atoms with Crippen LogP contribution in [0.15, 0.2) is 0 Å². The van der Waals surface area contributed by atoms with Crippen LogP contribution in [0.5, 0.6) is 0 Å². The largest absolute Gasteiger partial charge is 0.328 e. The highest BCUT2D eigenvalue weighted by molar-refractivity contribution is 4.50. The van der Waals surface area contributed by atoms with Gasteiger partial charge in [0.25, 0.3) is 0 Å². The minimum atomic E-state index is 1.25. The van der Waals surface area contributed by atoms with E-state index in [0.29, 0.717) is 0 Å². The van der Waals surface area contributed by atoms with Crippen molar-refractivity contribution in [2.45, 2.75) is 77.0 Å². The molecule has 0 aromatic heterocycles. The van der Waals surface area contributed by atoms with Crippen molar-refractivity contribution in [3.05, 3.63) is 0 Å². The lowest BCUT2D eigenvalue weighted by molar-refractivity contribution is -0.890. The third-order valence-corrected chi connectivity index (χ3v) is 4.28. The molecular formula is C16H34N+. The van der Waals surface area contributed by atoms with Crippen molar-refractivity contribution >= 4 is 0 Å². The first kappa shape index (κ1) is 15.0. The highest BCUT2D eigenvalue weighted by atomic mass is 15.3. The molecule has 0 unspecified atom stereocenters. The number of nitrogens with zero attached hydrogens (tertiary/aromatic N) is 1. The minimum absolute atomic E-state index is 1.25. The van der Waals surface area contributed by atoms with Gasteiger partial charge in [0.05, 0.1) is 27.2 Å². The first-order chi connectivity index (χ1) is 8.21. The van der Waals surface area contributed by atoms with Crippen molar-refractivity contribution in [2.75, 3.05) is 27.2 Å². The topological polar surface area (TPSA) is 0 Å². The third-order valence-electron chi connectivity index (χ3n) is 4.28. The second kappa shape index (κ2) is 8.97. The Kier molecular flexibility index (Phi) is 7.92. The smallest absolute Gasteiger partial charge is 0.0782 e. The second-order valence-electron chi connectivity index (χ2n) is 6.63. The molecule has 0 radical (unpaired) electrons. The zero-order chi connectivity index (χ0) is 12.4. The van der Waals surface area contributed by atoms with Gasteiger partial charge in [-0.15, -0.1) is 0 Å². The predicted octanol–water partition coefficient (Wildman–Crippen LogP) is 4.76. The molecule has 1 saturated heterocycles. The summed E-state index contributed by atoms with van der Waals surface area (Å²) < 4.78 is 1.25. The molecule has 0 aromatic rings. The van der Waals surface area contributed by atoms with Crippen LogP contribution in [0.4, 0.5) is 0 Å². The van der Waals surface area contributed by atoms with Crippen LogP contribution < -0.4 is 0 Å². The van der Waals surface area contributed by atoms with Gasteiger partial charge < -0.3 is 4.48 Å². The van der Waals surface area contributed by atoms with Crippen molar-refractivity contribution in [1.82, 2.24) is 0 Å². The van der Waals surface area contributed by atoms with Crippen LogP contribution in [0.3, 0.4) is 0 Å². The van der Waals surface area contributed by atoms with Gasteiger partial charge in [0.15, 0.2) is 0 Å². The molecular weight excluding hydrogens is 206 g/mol. The summed E-state index contributed by atoms with van der Waals surface area (Å²) in [4.78, 5) is 0. The molecule has 1 aliphatic heterocycles. The maximum atomic E-state index is 2.41. The van der Waals surface area contributed by atoms with E-state index in [2.05, 4.69) is 14.1 Å². The lowest BCUT2D eigenvalue weighted by Crippen LogP contribution is -2.41. The van der Waals surface area contributed by atoms with Crippen molar-refractivity contribution in [2.24, 2.45) is 0 Å². The SMILES string of the molecule is C[N+]1(C)CCCCCCCCCCCCCC1. The monoisotopic (exact) mass is 240 g/mol. The fourth-order valence-electron chi connectivity index (χ4n) is 2.96. The van der Waals surface area contributed by atoms with E-state index < -0.39 is 0 Å². The number of rotatable bonds is 0. The average Bonchev–Trinajstić information content (AvgIpc) is 2.29. The Hall–Kier alpha value is -0.0400. The Morgan fingerprint density at radius 3 is 0.941 bits per heavy atom. The number of hydrogen-bond donors (Lipinski definition) is 0. The highest BCUT2D eigenvalue weighted by Crippen LogP contribution is 2.14. The van der Waals surface area contributed by atoms with E-state index >= 15 is 0 Å². The summed E-state index contributed by atoms with van der Waals surface area (Å²) in [6.45, 7) is 2.78. The Bertz CT molecular complexity index is 156. The normalized spacial score (nSPS) is 25.8. The van der Waals surface area contributed by atoms with Crippen LogP contribution in [0, 0.1) is 0 Å². The van der Waals surface area contributed by atoms with Crippen LogP contribution in [0.25, 0.3) is 0 Å². The Balaban J connectivity index is 2.22. The molecule has 1 fully saturated rings. The predicted molar refractivity (Wildman–Crippen MR) is 77.2 cm³/mol. The summed E-state index contributed by atoms with van der Waals surface area (Å²) in [5.74, 6) is 0. The van der Waals surface area contributed by atoms with E-state index in [0.717, 1.165) is 0 Å². The zero-order valence-electron chi connectivity index (χ0n) is 12.3. The fraction of sp³-hybridized carbons (Fsp3) is 1.00. The van der Waals surface area contributed by atoms with E-state index in [1.165, 1.54) is 94.6 Å². The van der Waals surface area contributed by atoms with Crippen LogP contribution in [-0.4, -0.2) is 31.7 Å². The van der Waals surface area contributed by atoms with Gasteiger partial charge in [0, 0.05) is 0 Å². The van der Waals surface area contributed by atoms with E-state index in [1.807, 2.05) is 0 Å². The van der Waals surface area contributed by atoms with Crippen molar-refractivity contribution in [1.29, 1.82) is 0 Å². The first-order valence-electron chi connectivity index (χ1n) is 8.03. The fourth-order valence-corrected chi connectivity index (χ4v) is 2.96. The molecule has 17 heavy (non-hydrogen) atoms. The summed E-state index contributed by atoms with van der Waals surface area (Å²) in [6.07, 6.45) is 17.6. The molecule has 1 rings (SSSR count). The molecule has 0 atom stereocenters. The van der Waals surface area contributed by atoms with Crippen molar-refractivity contribution < 1.29 is 4.48 Å². The number of quaternary nitrogens is 1. The summed E-state index contributed by atoms with van der Waals surface area (Å²) in [6, 6.07) is 0. The molecule has 1 aliphatic rings. The first-order valence-corrected chi connectivity index (χ1v) is 8.03. The molecule has 102 valence electrons. The summed E-state index contributed by atoms with van der Waals surface area (Å²) >= 11 is 0. The van der Waals surface area contributed by atoms with Crippen molar-refractivity contribution in [3.63, 3.8) is 0 Å². The second-order valence-corrected chi connectivity index (χ2v) is 6.63. The van der Waals surface area contributed by atoms with Crippen molar-refractivity contribution in [3.8, 4) is 0 Å². The van der Waals surface area contributed by atoms with Crippen LogP contribution >= 0.6 is 0 Å². The molecule has 0 aliphatic carbocycles. The molecule has 1 heteroatoms. The molecule has 1 heterocycles. The number of hydrogen-bond acceptors (Lipinski definition) is 0. The van der Waals surface area contributed by atoms with E-state index in [4.69, 9.17) is 0 Å². The average molecular weight is 240 g/mol. The minimum Gasteiger partial charge on any atom is -0.328 e. The van der Waals surface area contributed by atoms with Gasteiger partial charge in [-0.1, -0.05) is 51.4 Å². The maximum absolute atomic E-state index is 2.41. The summed E-state index contributed by atoms with van der Waals surface area (Å²) in [7, 11) is 4.83. The molecule has 0 bridgehead atoms. The molecule has 0 N–H and O–H groups in total. The Labute approximate surface area is 109 Å². The highest BCUT2D eigenvalue weighted by Gasteiger charge is 2.13. The lowest BCUT2D eigenvalue weighted by atomic mass is 10.1. The van der Waals surface area contributed by atoms with Gasteiger partial charge in [-0.3, -0.25) is 0 Å². The third kappa shape index (κ3) is 8.65. The molecule has 1 nitrogen and oxygen atoms in total. The summed E-state index contributed by atoms with van der Waals surface area (Å²) in [5, 5.41) is 0. The van der Waals surface area contributed by atoms with E-state index in [1.54, 1.807) is 0 Å². The molecule has 0 saturated carbocycles. The van der Waals surface area contributed by atoms with E-state index in [9.17, 15) is 0 Å². The zero-order valence-corrected chi connectivity index (χ0v) is 12.3. The summed E-state index contributed by atoms with van der Waals surface area (Å²) in [5.41, 5.74) is 0. The molecule has 0 aromatic carbocycles. The van der Waals surface area contributed by atoms with Gasteiger partial charge in [0.1, 0.15) is 0 Å². The van der Waals surface area contributed by atoms with Crippen LogP contribution in [0.2, 0.25) is 0 Å². The van der Waals surface area contributed by atoms with Crippen LogP contribution in [-0.2, 0) is 0 Å². The quantitative estimate of drug-likeness (QED) is 0.536. The maximum Gasteiger partial charge on any atom is 0.0782 e. The van der Waals surface area contributed by atoms with Crippen LogP contribution in [0.1, 0.15) is 77.0 Å². The van der Waals surface area contributed by atoms with E-state index in [-0.39, 0.29) is 0 Å². The molecule has 0 amide bonds. The molecule has 0 spiro atoms. The Morgan fingerprint density at radius 2 is 0.647 bits per heavy atom. The lowest BCUT2D eigenvalue weighted by Gasteiger charge is -2.30. The Morgan fingerprint density at radius 1 is 0.412 bits per heavy atom. The van der Waals surface area contributed by atoms with Gasteiger partial charge in [-0.2, -0.15) is 0 Å².